The van der Waals surface area contributed by atoms with Gasteiger partial charge in [-0.2, -0.15) is 25.3 Å². The second kappa shape index (κ2) is 22.7. The fraction of sp³-hybridized carbons (Fsp3) is 0.382. The summed E-state index contributed by atoms with van der Waals surface area (Å²) in [7, 11) is -12.1. The van der Waals surface area contributed by atoms with Crippen molar-refractivity contribution in [1.29, 1.82) is 5.41 Å². The Hall–Kier alpha value is -4.24. The molecule has 0 bridgehead atoms. The topological polar surface area (TPSA) is 275 Å². The molecule has 296 valence electrons. The summed E-state index contributed by atoms with van der Waals surface area (Å²) < 4.78 is 93.7. The zero-order valence-electron chi connectivity index (χ0n) is 30.3. The minimum atomic E-state index is -4.02. The molecule has 1 amide bonds. The van der Waals surface area contributed by atoms with Crippen molar-refractivity contribution in [3.05, 3.63) is 89.5 Å². The summed E-state index contributed by atoms with van der Waals surface area (Å²) >= 11 is 0. The zero-order valence-corrected chi connectivity index (χ0v) is 32.8. The molecular formula is C34H49N3O13S3. The number of aliphatic carboxylic acids is 1. The van der Waals surface area contributed by atoms with Gasteiger partial charge in [0.25, 0.3) is 30.4 Å². The average molecular weight is 804 g/mol. The molecule has 0 spiro atoms. The highest BCUT2D eigenvalue weighted by Crippen LogP contribution is 2.11. The van der Waals surface area contributed by atoms with E-state index >= 15 is 0 Å². The van der Waals surface area contributed by atoms with E-state index in [1.165, 1.54) is 42.6 Å². The molecule has 1 unspecified atom stereocenters. The molecule has 53 heavy (non-hydrogen) atoms. The molecule has 19 heteroatoms. The Morgan fingerprint density at radius 1 is 0.698 bits per heavy atom. The molecule has 0 aliphatic heterocycles. The summed E-state index contributed by atoms with van der Waals surface area (Å²) in [5.41, 5.74) is 2.22. The average Bonchev–Trinajstić information content (AvgIpc) is 3.01. The number of alkyl carbamates (subject to hydrolysis) is 1. The lowest BCUT2D eigenvalue weighted by Gasteiger charge is -2.22. The second-order valence-corrected chi connectivity index (χ2v) is 16.6. The number of nitrogens with one attached hydrogen (secondary N) is 3. The van der Waals surface area contributed by atoms with Crippen LogP contribution in [0.5, 0.6) is 0 Å². The van der Waals surface area contributed by atoms with E-state index in [0.29, 0.717) is 25.9 Å². The standard InChI is InChI=1S/C13H25N3O4.3C7H8O3S/c1-13(2,3)20-12(19)16-10(11(17)18)6-4-5-8-15-9-7-14;3*1-6-2-4-7(5-3-6)11(8,9)10/h7,10,14-15H,4-6,8-9H2,1-3H3,(H,16,19)(H,17,18);3*2-5H,1H3,(H,8,9,10). The van der Waals surface area contributed by atoms with Crippen LogP contribution in [0.15, 0.2) is 87.5 Å². The summed E-state index contributed by atoms with van der Waals surface area (Å²) in [4.78, 5) is 22.4. The van der Waals surface area contributed by atoms with Gasteiger partial charge >= 0.3 is 12.1 Å². The molecule has 0 aliphatic rings. The van der Waals surface area contributed by atoms with Crippen molar-refractivity contribution >= 4 is 48.6 Å². The van der Waals surface area contributed by atoms with Crippen molar-refractivity contribution in [2.75, 3.05) is 13.1 Å². The number of carbonyl (C=O) groups is 2. The molecule has 16 nitrogen and oxygen atoms in total. The quantitative estimate of drug-likeness (QED) is 0.0713. The molecule has 0 fully saturated rings. The molecule has 3 aromatic carbocycles. The van der Waals surface area contributed by atoms with Crippen LogP contribution in [0.3, 0.4) is 0 Å². The molecule has 0 aromatic heterocycles. The maximum atomic E-state index is 11.5. The fourth-order valence-electron chi connectivity index (χ4n) is 3.61. The number of unbranched alkanes of at least 4 members (excludes halogenated alkanes) is 1. The van der Waals surface area contributed by atoms with Gasteiger partial charge in [0, 0.05) is 12.8 Å². The van der Waals surface area contributed by atoms with Gasteiger partial charge in [0.05, 0.1) is 14.7 Å². The van der Waals surface area contributed by atoms with Crippen LogP contribution in [-0.2, 0) is 39.9 Å². The van der Waals surface area contributed by atoms with Gasteiger partial charge in [0.2, 0.25) is 0 Å². The Bertz CT molecular complexity index is 1740. The van der Waals surface area contributed by atoms with E-state index in [1.807, 2.05) is 20.8 Å². The molecule has 0 saturated heterocycles. The Labute approximate surface area is 311 Å². The van der Waals surface area contributed by atoms with Crippen molar-refractivity contribution in [2.24, 2.45) is 0 Å². The van der Waals surface area contributed by atoms with Gasteiger partial charge < -0.3 is 25.9 Å². The normalized spacial score (nSPS) is 11.9. The number of ether oxygens (including phenoxy) is 1. The van der Waals surface area contributed by atoms with Crippen LogP contribution in [0.4, 0.5) is 4.79 Å². The maximum absolute atomic E-state index is 11.5. The molecule has 3 rings (SSSR count). The van der Waals surface area contributed by atoms with Crippen molar-refractivity contribution in [2.45, 2.75) is 87.1 Å². The third-order valence-electron chi connectivity index (χ3n) is 6.29. The highest BCUT2D eigenvalue weighted by atomic mass is 32.2. The maximum Gasteiger partial charge on any atom is 0.408 e. The van der Waals surface area contributed by atoms with E-state index in [0.717, 1.165) is 23.1 Å². The van der Waals surface area contributed by atoms with Crippen molar-refractivity contribution in [3.63, 3.8) is 0 Å². The number of hydrogen-bond donors (Lipinski definition) is 7. The number of aryl methyl sites for hydroxylation is 3. The Morgan fingerprint density at radius 2 is 1.04 bits per heavy atom. The smallest absolute Gasteiger partial charge is 0.408 e. The minimum absolute atomic E-state index is 0.0666. The van der Waals surface area contributed by atoms with Crippen molar-refractivity contribution in [3.8, 4) is 0 Å². The number of benzene rings is 3. The highest BCUT2D eigenvalue weighted by Gasteiger charge is 2.23. The fourth-order valence-corrected chi connectivity index (χ4v) is 5.05. The van der Waals surface area contributed by atoms with Crippen LogP contribution in [-0.4, -0.2) is 87.0 Å². The predicted octanol–water partition coefficient (Wildman–Crippen LogP) is 5.10. The Kier molecular flexibility index (Phi) is 20.9. The third-order valence-corrected chi connectivity index (χ3v) is 8.89. The van der Waals surface area contributed by atoms with Gasteiger partial charge in [0.15, 0.2) is 0 Å². The van der Waals surface area contributed by atoms with Crippen LogP contribution in [0, 0.1) is 26.2 Å². The summed E-state index contributed by atoms with van der Waals surface area (Å²) in [6, 6.07) is 17.0. The predicted molar refractivity (Wildman–Crippen MR) is 199 cm³/mol. The summed E-state index contributed by atoms with van der Waals surface area (Å²) in [6.45, 7) is 11.9. The molecule has 0 saturated carbocycles. The molecule has 0 heterocycles. The van der Waals surface area contributed by atoms with Gasteiger partial charge in [-0.05, 0) is 104 Å². The minimum Gasteiger partial charge on any atom is -0.480 e. The van der Waals surface area contributed by atoms with E-state index in [1.54, 1.807) is 57.2 Å². The summed E-state index contributed by atoms with van der Waals surface area (Å²) in [6.07, 6.45) is 2.35. The van der Waals surface area contributed by atoms with Gasteiger partial charge in [-0.3, -0.25) is 13.7 Å². The van der Waals surface area contributed by atoms with Crippen molar-refractivity contribution < 1.29 is 58.3 Å². The first-order valence-electron chi connectivity index (χ1n) is 15.8. The Balaban J connectivity index is 0.000000708. The van der Waals surface area contributed by atoms with Gasteiger partial charge in [-0.25, -0.2) is 9.59 Å². The van der Waals surface area contributed by atoms with E-state index in [-0.39, 0.29) is 14.7 Å². The number of rotatable bonds is 12. The van der Waals surface area contributed by atoms with Crippen LogP contribution in [0.1, 0.15) is 56.7 Å². The highest BCUT2D eigenvalue weighted by molar-refractivity contribution is 7.86. The lowest BCUT2D eigenvalue weighted by Crippen LogP contribution is -2.43. The first-order valence-corrected chi connectivity index (χ1v) is 20.1. The first kappa shape index (κ1) is 48.8. The largest absolute Gasteiger partial charge is 0.480 e. The zero-order chi connectivity index (χ0) is 41.0. The van der Waals surface area contributed by atoms with Gasteiger partial charge in [-0.1, -0.05) is 53.1 Å². The molecule has 0 aliphatic carbocycles. The number of carboxylic acid groups (broad SMARTS) is 1. The van der Waals surface area contributed by atoms with Crippen LogP contribution >= 0.6 is 0 Å². The number of amides is 1. The summed E-state index contributed by atoms with van der Waals surface area (Å²) in [5, 5.41) is 21.2. The molecule has 3 aromatic rings. The lowest BCUT2D eigenvalue weighted by molar-refractivity contribution is -0.139. The van der Waals surface area contributed by atoms with Crippen LogP contribution < -0.4 is 10.6 Å². The van der Waals surface area contributed by atoms with Crippen LogP contribution in [0.2, 0.25) is 0 Å². The molecule has 0 radical (unpaired) electrons. The van der Waals surface area contributed by atoms with Crippen molar-refractivity contribution in [1.82, 2.24) is 10.6 Å². The van der Waals surface area contributed by atoms with Gasteiger partial charge in [-0.15, -0.1) is 0 Å². The number of hydrogen-bond acceptors (Lipinski definition) is 11. The van der Waals surface area contributed by atoms with E-state index in [9.17, 15) is 34.8 Å². The van der Waals surface area contributed by atoms with Crippen LogP contribution in [0.25, 0.3) is 0 Å². The molecule has 7 N–H and O–H groups in total. The Morgan fingerprint density at radius 3 is 1.30 bits per heavy atom. The first-order chi connectivity index (χ1) is 24.3. The molecule has 1 atom stereocenters. The monoisotopic (exact) mass is 803 g/mol. The van der Waals surface area contributed by atoms with E-state index in [2.05, 4.69) is 10.6 Å². The number of carbonyl (C=O) groups excluding carboxylic acids is 1. The SMILES string of the molecule is CC(C)(C)OC(=O)NC(CCCCNCC=N)C(=O)O.Cc1ccc(S(=O)(=O)O)cc1.Cc1ccc(S(=O)(=O)O)cc1.Cc1ccc(S(=O)(=O)O)cc1. The van der Waals surface area contributed by atoms with E-state index in [4.69, 9.17) is 28.9 Å². The summed E-state index contributed by atoms with van der Waals surface area (Å²) in [5.74, 6) is -1.07. The third kappa shape index (κ3) is 23.8. The van der Waals surface area contributed by atoms with Gasteiger partial charge in [0.1, 0.15) is 11.6 Å². The van der Waals surface area contributed by atoms with E-state index < -0.39 is 54.1 Å². The molecular weight excluding hydrogens is 755 g/mol. The lowest BCUT2D eigenvalue weighted by atomic mass is 10.1. The number of carboxylic acids is 1. The second-order valence-electron chi connectivity index (χ2n) is 12.3.